The van der Waals surface area contributed by atoms with E-state index >= 15 is 0 Å². The molecular weight excluding hydrogens is 229 g/mol. The van der Waals surface area contributed by atoms with Crippen molar-refractivity contribution in [2.75, 3.05) is 25.0 Å². The predicted octanol–water partition coefficient (Wildman–Crippen LogP) is 2.85. The molecule has 0 amide bonds. The van der Waals surface area contributed by atoms with Gasteiger partial charge in [-0.1, -0.05) is 6.07 Å². The molecular formula is C14H20FN3. The van der Waals surface area contributed by atoms with Crippen LogP contribution in [0.4, 0.5) is 10.1 Å². The van der Waals surface area contributed by atoms with Crippen LogP contribution in [0.25, 0.3) is 0 Å². The van der Waals surface area contributed by atoms with Crippen molar-refractivity contribution < 1.29 is 4.39 Å². The predicted molar refractivity (Wildman–Crippen MR) is 72.0 cm³/mol. The van der Waals surface area contributed by atoms with Crippen molar-refractivity contribution in [1.82, 2.24) is 5.32 Å². The van der Waals surface area contributed by atoms with E-state index in [-0.39, 0.29) is 11.9 Å². The monoisotopic (exact) mass is 249 g/mol. The molecule has 1 unspecified atom stereocenters. The van der Waals surface area contributed by atoms with Gasteiger partial charge >= 0.3 is 0 Å². The molecule has 1 atom stereocenters. The zero-order chi connectivity index (χ0) is 13.5. The number of hydrogen-bond acceptors (Lipinski definition) is 3. The lowest BCUT2D eigenvalue weighted by Crippen LogP contribution is -2.25. The Labute approximate surface area is 108 Å². The highest BCUT2D eigenvalue weighted by molar-refractivity contribution is 5.49. The Kier molecular flexibility index (Phi) is 5.60. The van der Waals surface area contributed by atoms with Gasteiger partial charge in [-0.25, -0.2) is 4.39 Å². The first-order valence-corrected chi connectivity index (χ1v) is 6.22. The summed E-state index contributed by atoms with van der Waals surface area (Å²) in [5.41, 5.74) is 1.50. The number of nitrogens with zero attached hydrogens (tertiary/aromatic N) is 2. The molecule has 0 aliphatic carbocycles. The number of benzene rings is 1. The van der Waals surface area contributed by atoms with Crippen LogP contribution in [0.15, 0.2) is 18.2 Å². The van der Waals surface area contributed by atoms with Crippen LogP contribution in [-0.2, 0) is 0 Å². The van der Waals surface area contributed by atoms with Crippen molar-refractivity contribution in [1.29, 1.82) is 5.26 Å². The van der Waals surface area contributed by atoms with E-state index in [4.69, 9.17) is 5.26 Å². The number of nitrogens with one attached hydrogen (secondary N) is 1. The molecule has 1 N–H and O–H groups in total. The maximum atomic E-state index is 14.1. The summed E-state index contributed by atoms with van der Waals surface area (Å²) >= 11 is 0. The highest BCUT2D eigenvalue weighted by Gasteiger charge is 2.12. The summed E-state index contributed by atoms with van der Waals surface area (Å²) in [4.78, 5) is 1.88. The fourth-order valence-corrected chi connectivity index (χ4v) is 1.85. The Balaban J connectivity index is 2.93. The first-order valence-electron chi connectivity index (χ1n) is 6.22. The Bertz CT molecular complexity index is 426. The molecule has 4 heteroatoms. The van der Waals surface area contributed by atoms with Gasteiger partial charge in [-0.2, -0.15) is 5.26 Å². The first-order chi connectivity index (χ1) is 8.63. The van der Waals surface area contributed by atoms with Crippen LogP contribution in [0.1, 0.15) is 31.9 Å². The third-order valence-electron chi connectivity index (χ3n) is 3.12. The molecule has 0 aliphatic rings. The smallest absolute Gasteiger partial charge is 0.146 e. The average molecular weight is 249 g/mol. The fraction of sp³-hybridized carbons (Fsp3) is 0.500. The summed E-state index contributed by atoms with van der Waals surface area (Å²) in [5.74, 6) is -0.227. The van der Waals surface area contributed by atoms with Crippen LogP contribution in [0.3, 0.4) is 0 Å². The molecule has 0 fully saturated rings. The number of halogens is 1. The van der Waals surface area contributed by atoms with E-state index < -0.39 is 0 Å². The van der Waals surface area contributed by atoms with Gasteiger partial charge < -0.3 is 10.2 Å². The van der Waals surface area contributed by atoms with Crippen molar-refractivity contribution in [3.63, 3.8) is 0 Å². The van der Waals surface area contributed by atoms with E-state index in [1.165, 1.54) is 0 Å². The Morgan fingerprint density at radius 1 is 1.50 bits per heavy atom. The van der Waals surface area contributed by atoms with Gasteiger partial charge in [0.2, 0.25) is 0 Å². The zero-order valence-corrected chi connectivity index (χ0v) is 11.2. The van der Waals surface area contributed by atoms with Gasteiger partial charge in [-0.15, -0.1) is 0 Å². The lowest BCUT2D eigenvalue weighted by molar-refractivity contribution is 0.602. The third kappa shape index (κ3) is 3.44. The van der Waals surface area contributed by atoms with Gasteiger partial charge in [0.1, 0.15) is 5.82 Å². The van der Waals surface area contributed by atoms with Crippen molar-refractivity contribution in [2.45, 2.75) is 26.3 Å². The summed E-state index contributed by atoms with van der Waals surface area (Å²) in [7, 11) is 1.85. The van der Waals surface area contributed by atoms with Crippen LogP contribution >= 0.6 is 0 Å². The second-order valence-electron chi connectivity index (χ2n) is 4.21. The molecule has 0 heterocycles. The van der Waals surface area contributed by atoms with Crippen molar-refractivity contribution in [3.05, 3.63) is 29.6 Å². The molecule has 1 aromatic carbocycles. The fourth-order valence-electron chi connectivity index (χ4n) is 1.85. The minimum Gasteiger partial charge on any atom is -0.368 e. The van der Waals surface area contributed by atoms with Gasteiger partial charge in [0.05, 0.1) is 18.2 Å². The second-order valence-corrected chi connectivity index (χ2v) is 4.21. The molecule has 0 spiro atoms. The van der Waals surface area contributed by atoms with E-state index in [0.29, 0.717) is 25.2 Å². The van der Waals surface area contributed by atoms with Gasteiger partial charge in [0.15, 0.2) is 0 Å². The molecule has 0 saturated heterocycles. The van der Waals surface area contributed by atoms with Gasteiger partial charge in [-0.3, -0.25) is 0 Å². The molecule has 18 heavy (non-hydrogen) atoms. The molecule has 0 bridgehead atoms. The van der Waals surface area contributed by atoms with Crippen molar-refractivity contribution in [2.24, 2.45) is 0 Å². The van der Waals surface area contributed by atoms with Crippen LogP contribution in [0.5, 0.6) is 0 Å². The third-order valence-corrected chi connectivity index (χ3v) is 3.12. The van der Waals surface area contributed by atoms with E-state index in [2.05, 4.69) is 11.4 Å². The van der Waals surface area contributed by atoms with Gasteiger partial charge in [-0.05, 0) is 38.6 Å². The second kappa shape index (κ2) is 6.97. The Morgan fingerprint density at radius 2 is 2.22 bits per heavy atom. The quantitative estimate of drug-likeness (QED) is 0.842. The molecule has 1 aromatic rings. The maximum Gasteiger partial charge on any atom is 0.146 e. The molecule has 98 valence electrons. The number of nitriles is 1. The molecule has 1 rings (SSSR count). The van der Waals surface area contributed by atoms with Crippen LogP contribution in [-0.4, -0.2) is 20.1 Å². The summed E-state index contributed by atoms with van der Waals surface area (Å²) in [6.45, 7) is 5.20. The highest BCUT2D eigenvalue weighted by Crippen LogP contribution is 2.23. The van der Waals surface area contributed by atoms with Crippen LogP contribution < -0.4 is 10.2 Å². The lowest BCUT2D eigenvalue weighted by atomic mass is 10.1. The molecule has 0 radical (unpaired) electrons. The Hall–Kier alpha value is -1.60. The molecule has 0 aliphatic heterocycles. The molecule has 0 aromatic heterocycles. The standard InChI is InChI=1S/C14H20FN3/c1-4-18(9-5-8-16)14-7-6-12(10-13(14)15)11(2)17-3/h6-7,10-11,17H,4-5,9H2,1-3H3. The van der Waals surface area contributed by atoms with Crippen molar-refractivity contribution in [3.8, 4) is 6.07 Å². The number of rotatable bonds is 6. The van der Waals surface area contributed by atoms with Crippen LogP contribution in [0, 0.1) is 17.1 Å². The topological polar surface area (TPSA) is 39.1 Å². The number of hydrogen-bond donors (Lipinski definition) is 1. The van der Waals surface area contributed by atoms with E-state index in [1.807, 2.05) is 31.9 Å². The van der Waals surface area contributed by atoms with E-state index in [1.54, 1.807) is 12.1 Å². The minimum absolute atomic E-state index is 0.128. The van der Waals surface area contributed by atoms with E-state index in [9.17, 15) is 4.39 Å². The lowest BCUT2D eigenvalue weighted by Gasteiger charge is -2.23. The van der Waals surface area contributed by atoms with Crippen molar-refractivity contribution >= 4 is 5.69 Å². The number of anilines is 1. The first kappa shape index (κ1) is 14.5. The SMILES string of the molecule is CCN(CCC#N)c1ccc(C(C)NC)cc1F. The normalized spacial score (nSPS) is 11.9. The minimum atomic E-state index is -0.227. The molecule has 0 saturated carbocycles. The van der Waals surface area contributed by atoms with Gasteiger partial charge in [0, 0.05) is 19.1 Å². The highest BCUT2D eigenvalue weighted by atomic mass is 19.1. The largest absolute Gasteiger partial charge is 0.368 e. The van der Waals surface area contributed by atoms with E-state index in [0.717, 1.165) is 5.56 Å². The summed E-state index contributed by atoms with van der Waals surface area (Å²) in [6, 6.07) is 7.49. The zero-order valence-electron chi connectivity index (χ0n) is 11.2. The summed E-state index contributed by atoms with van der Waals surface area (Å²) < 4.78 is 14.1. The summed E-state index contributed by atoms with van der Waals surface area (Å²) in [6.07, 6.45) is 0.405. The average Bonchev–Trinajstić information content (AvgIpc) is 2.40. The molecule has 3 nitrogen and oxygen atoms in total. The maximum absolute atomic E-state index is 14.1. The van der Waals surface area contributed by atoms with Gasteiger partial charge in [0.25, 0.3) is 0 Å². The summed E-state index contributed by atoms with van der Waals surface area (Å²) in [5, 5.41) is 11.7. The van der Waals surface area contributed by atoms with Crippen LogP contribution in [0.2, 0.25) is 0 Å². The Morgan fingerprint density at radius 3 is 2.72 bits per heavy atom.